The van der Waals surface area contributed by atoms with Crippen LogP contribution in [0.3, 0.4) is 0 Å². The summed E-state index contributed by atoms with van der Waals surface area (Å²) >= 11 is 12.4. The van der Waals surface area contributed by atoms with Crippen molar-refractivity contribution in [3.8, 4) is 5.75 Å². The molecule has 1 heterocycles. The van der Waals surface area contributed by atoms with E-state index in [-0.39, 0.29) is 23.9 Å². The van der Waals surface area contributed by atoms with Crippen LogP contribution in [0.4, 0.5) is 5.69 Å². The number of carbonyl (C=O) groups is 2. The topological polar surface area (TPSA) is 96.0 Å². The molecule has 0 saturated carbocycles. The highest BCUT2D eigenvalue weighted by Crippen LogP contribution is 2.34. The van der Waals surface area contributed by atoms with Crippen molar-refractivity contribution in [1.29, 1.82) is 0 Å². The number of carbonyl (C=O) groups excluding carboxylic acids is 2. The normalized spacial score (nSPS) is 14.6. The van der Waals surface area contributed by atoms with Gasteiger partial charge in [0.25, 0.3) is 5.91 Å². The number of halogens is 2. The second kappa shape index (κ2) is 13.6. The van der Waals surface area contributed by atoms with Gasteiger partial charge in [-0.2, -0.15) is 4.31 Å². The summed E-state index contributed by atoms with van der Waals surface area (Å²) < 4.78 is 34.7. The number of hydrogen-bond acceptors (Lipinski definition) is 5. The number of nitrogens with zero attached hydrogens (tertiary/aromatic N) is 2. The zero-order valence-electron chi connectivity index (χ0n) is 23.0. The van der Waals surface area contributed by atoms with Crippen molar-refractivity contribution in [2.45, 2.75) is 24.0 Å². The van der Waals surface area contributed by atoms with Gasteiger partial charge in [0, 0.05) is 23.1 Å². The fourth-order valence-electron chi connectivity index (χ4n) is 4.73. The molecule has 0 fully saturated rings. The van der Waals surface area contributed by atoms with Crippen molar-refractivity contribution in [1.82, 2.24) is 9.62 Å². The summed E-state index contributed by atoms with van der Waals surface area (Å²) in [5.41, 5.74) is 2.06. The molecule has 8 nitrogen and oxygen atoms in total. The molecular formula is C32H29Cl2N3O5S. The van der Waals surface area contributed by atoms with Crippen LogP contribution in [0.1, 0.15) is 11.1 Å². The number of amides is 2. The van der Waals surface area contributed by atoms with Gasteiger partial charge >= 0.3 is 0 Å². The summed E-state index contributed by atoms with van der Waals surface area (Å²) in [5.74, 6) is -0.545. The Morgan fingerprint density at radius 3 is 2.30 bits per heavy atom. The first kappa shape index (κ1) is 30.6. The number of hydrogen-bond donors (Lipinski definition) is 1. The van der Waals surface area contributed by atoms with Gasteiger partial charge in [-0.15, -0.1) is 0 Å². The molecule has 0 aliphatic carbocycles. The van der Waals surface area contributed by atoms with Gasteiger partial charge in [0.15, 0.2) is 6.10 Å². The molecule has 43 heavy (non-hydrogen) atoms. The molecule has 0 bridgehead atoms. The van der Waals surface area contributed by atoms with Gasteiger partial charge in [0.1, 0.15) is 5.75 Å². The van der Waals surface area contributed by atoms with Gasteiger partial charge in [0.2, 0.25) is 15.9 Å². The third kappa shape index (κ3) is 7.37. The fourth-order valence-corrected chi connectivity index (χ4v) is 6.42. The van der Waals surface area contributed by atoms with Crippen LogP contribution in [0, 0.1) is 0 Å². The largest absolute Gasteiger partial charge is 0.477 e. The number of sulfonamides is 1. The zero-order valence-corrected chi connectivity index (χ0v) is 25.4. The average molecular weight is 639 g/mol. The molecule has 4 aromatic carbocycles. The number of ether oxygens (including phenoxy) is 1. The quantitative estimate of drug-likeness (QED) is 0.253. The van der Waals surface area contributed by atoms with Crippen molar-refractivity contribution < 1.29 is 22.7 Å². The van der Waals surface area contributed by atoms with E-state index in [1.807, 2.05) is 30.3 Å². The van der Waals surface area contributed by atoms with Crippen LogP contribution in [0.5, 0.6) is 5.75 Å². The molecule has 1 N–H and O–H groups in total. The number of nitrogens with one attached hydrogen (secondary N) is 1. The van der Waals surface area contributed by atoms with E-state index in [1.54, 1.807) is 48.5 Å². The minimum absolute atomic E-state index is 0.0187. The second-order valence-corrected chi connectivity index (χ2v) is 12.7. The molecule has 1 aliphatic heterocycles. The summed E-state index contributed by atoms with van der Waals surface area (Å²) in [4.78, 5) is 28.4. The molecule has 2 amide bonds. The first-order chi connectivity index (χ1) is 20.7. The maximum atomic E-state index is 13.9. The minimum atomic E-state index is -4.15. The molecule has 11 heteroatoms. The molecule has 0 unspecified atom stereocenters. The van der Waals surface area contributed by atoms with E-state index in [4.69, 9.17) is 27.9 Å². The van der Waals surface area contributed by atoms with Crippen LogP contribution in [0.25, 0.3) is 0 Å². The number of anilines is 1. The van der Waals surface area contributed by atoms with Gasteiger partial charge in [-0.3, -0.25) is 9.59 Å². The lowest BCUT2D eigenvalue weighted by Gasteiger charge is -2.35. The molecule has 222 valence electrons. The maximum Gasteiger partial charge on any atom is 0.262 e. The Balaban J connectivity index is 1.38. The first-order valence-corrected chi connectivity index (χ1v) is 15.8. The van der Waals surface area contributed by atoms with Crippen LogP contribution in [-0.4, -0.2) is 50.3 Å². The summed E-state index contributed by atoms with van der Waals surface area (Å²) in [5, 5.41) is 3.64. The molecule has 1 atom stereocenters. The SMILES string of the molecule is O=C(NCCc1ccccc1)[C@H]1CN(C(=O)CN(Cc2ccccc2Cl)S(=O)(=O)c2ccc(Cl)cc2)c2ccccc2O1. The third-order valence-electron chi connectivity index (χ3n) is 6.99. The van der Waals surface area contributed by atoms with Gasteiger partial charge < -0.3 is 15.0 Å². The predicted molar refractivity (Wildman–Crippen MR) is 167 cm³/mol. The van der Waals surface area contributed by atoms with Gasteiger partial charge in [0.05, 0.1) is 23.7 Å². The second-order valence-electron chi connectivity index (χ2n) is 9.92. The van der Waals surface area contributed by atoms with Crippen LogP contribution in [-0.2, 0) is 32.6 Å². The highest BCUT2D eigenvalue weighted by Gasteiger charge is 2.36. The molecule has 4 aromatic rings. The maximum absolute atomic E-state index is 13.9. The summed E-state index contributed by atoms with van der Waals surface area (Å²) in [6.45, 7) is -0.351. The smallest absolute Gasteiger partial charge is 0.262 e. The fraction of sp³-hybridized carbons (Fsp3) is 0.188. The van der Waals surface area contributed by atoms with Crippen molar-refractivity contribution in [3.63, 3.8) is 0 Å². The lowest BCUT2D eigenvalue weighted by atomic mass is 10.1. The lowest BCUT2D eigenvalue weighted by Crippen LogP contribution is -2.53. The van der Waals surface area contributed by atoms with E-state index in [2.05, 4.69) is 5.32 Å². The average Bonchev–Trinajstić information content (AvgIpc) is 3.01. The molecule has 0 saturated heterocycles. The molecule has 5 rings (SSSR count). The lowest BCUT2D eigenvalue weighted by molar-refractivity contribution is -0.128. The number of rotatable bonds is 10. The number of fused-ring (bicyclic) bond motifs is 1. The van der Waals surface area contributed by atoms with Crippen molar-refractivity contribution >= 4 is 50.7 Å². The Morgan fingerprint density at radius 2 is 1.56 bits per heavy atom. The zero-order chi connectivity index (χ0) is 30.4. The Bertz CT molecular complexity index is 1700. The Kier molecular flexibility index (Phi) is 9.67. The highest BCUT2D eigenvalue weighted by atomic mass is 35.5. The standard InChI is InChI=1S/C32H29Cl2N3O5S/c33-25-14-16-26(17-15-25)43(40,41)36(20-24-10-4-5-11-27(24)34)22-31(38)37-21-30(42-29-13-7-6-12-28(29)37)32(39)35-19-18-23-8-2-1-3-9-23/h1-17,30H,18-22H2,(H,35,39)/t30-/m1/s1. The van der Waals surface area contributed by atoms with Crippen LogP contribution in [0.2, 0.25) is 10.0 Å². The molecule has 1 aliphatic rings. The van der Waals surface area contributed by atoms with E-state index in [0.717, 1.165) is 9.87 Å². The summed E-state index contributed by atoms with van der Waals surface area (Å²) in [6.07, 6.45) is -0.350. The Labute approximate surface area is 260 Å². The first-order valence-electron chi connectivity index (χ1n) is 13.6. The minimum Gasteiger partial charge on any atom is -0.477 e. The number of para-hydroxylation sites is 2. The van der Waals surface area contributed by atoms with Gasteiger partial charge in [-0.1, -0.05) is 83.9 Å². The summed E-state index contributed by atoms with van der Waals surface area (Å²) in [7, 11) is -4.15. The third-order valence-corrected chi connectivity index (χ3v) is 9.42. The van der Waals surface area contributed by atoms with E-state index >= 15 is 0 Å². The predicted octanol–water partition coefficient (Wildman–Crippen LogP) is 5.34. The molecule has 0 radical (unpaired) electrons. The molecule has 0 aromatic heterocycles. The van der Waals surface area contributed by atoms with E-state index < -0.39 is 28.6 Å². The van der Waals surface area contributed by atoms with E-state index in [9.17, 15) is 18.0 Å². The Hall–Kier alpha value is -3.89. The Morgan fingerprint density at radius 1 is 0.884 bits per heavy atom. The van der Waals surface area contributed by atoms with E-state index in [0.29, 0.717) is 40.0 Å². The van der Waals surface area contributed by atoms with Crippen LogP contribution in [0.15, 0.2) is 108 Å². The summed E-state index contributed by atoms with van der Waals surface area (Å²) in [6, 6.07) is 29.2. The van der Waals surface area contributed by atoms with Crippen LogP contribution < -0.4 is 15.0 Å². The van der Waals surface area contributed by atoms with Gasteiger partial charge in [-0.05, 0) is 60.0 Å². The van der Waals surface area contributed by atoms with Crippen molar-refractivity contribution in [3.05, 3.63) is 124 Å². The monoisotopic (exact) mass is 637 g/mol. The van der Waals surface area contributed by atoms with Crippen LogP contribution >= 0.6 is 23.2 Å². The highest BCUT2D eigenvalue weighted by molar-refractivity contribution is 7.89. The van der Waals surface area contributed by atoms with Gasteiger partial charge in [-0.25, -0.2) is 8.42 Å². The van der Waals surface area contributed by atoms with E-state index in [1.165, 1.54) is 29.2 Å². The van der Waals surface area contributed by atoms with Crippen molar-refractivity contribution in [2.75, 3.05) is 24.5 Å². The molecule has 0 spiro atoms. The molecular weight excluding hydrogens is 609 g/mol. The number of benzene rings is 4. The van der Waals surface area contributed by atoms with Crippen molar-refractivity contribution in [2.24, 2.45) is 0 Å².